The molecule has 1 aromatic carbocycles. The van der Waals surface area contributed by atoms with Gasteiger partial charge < -0.3 is 10.2 Å². The summed E-state index contributed by atoms with van der Waals surface area (Å²) in [6.45, 7) is 7.23. The van der Waals surface area contributed by atoms with Crippen molar-refractivity contribution in [3.05, 3.63) is 22.7 Å². The van der Waals surface area contributed by atoms with E-state index in [1.165, 1.54) is 0 Å². The van der Waals surface area contributed by atoms with Crippen LogP contribution in [0.2, 0.25) is 0 Å². The Balaban J connectivity index is 2.52. The van der Waals surface area contributed by atoms with E-state index in [1.807, 2.05) is 12.1 Å². The molecule has 0 saturated carbocycles. The largest absolute Gasteiger partial charge is 0.364 e. The first-order valence-corrected chi connectivity index (χ1v) is 6.54. The van der Waals surface area contributed by atoms with Gasteiger partial charge in [0.1, 0.15) is 0 Å². The monoisotopic (exact) mass is 296 g/mol. The summed E-state index contributed by atoms with van der Waals surface area (Å²) in [7, 11) is 0. The average Bonchev–Trinajstić information content (AvgIpc) is 2.35. The summed E-state index contributed by atoms with van der Waals surface area (Å²) in [5.41, 5.74) is 1.98. The lowest BCUT2D eigenvalue weighted by Crippen LogP contribution is -2.42. The SMILES string of the molecule is CC(C)(C)N1CCC(=O)Nc2ccc(Br)cc21. The van der Waals surface area contributed by atoms with Crippen molar-refractivity contribution in [2.75, 3.05) is 16.8 Å². The van der Waals surface area contributed by atoms with Crippen molar-refractivity contribution < 1.29 is 4.79 Å². The lowest BCUT2D eigenvalue weighted by atomic mass is 10.0. The minimum Gasteiger partial charge on any atom is -0.364 e. The van der Waals surface area contributed by atoms with Crippen LogP contribution < -0.4 is 10.2 Å². The molecule has 0 radical (unpaired) electrons. The summed E-state index contributed by atoms with van der Waals surface area (Å²) in [4.78, 5) is 13.9. The fraction of sp³-hybridized carbons (Fsp3) is 0.462. The second kappa shape index (κ2) is 4.33. The van der Waals surface area contributed by atoms with Crippen molar-refractivity contribution in [2.45, 2.75) is 32.7 Å². The number of rotatable bonds is 0. The van der Waals surface area contributed by atoms with Crippen LogP contribution in [0.15, 0.2) is 22.7 Å². The fourth-order valence-electron chi connectivity index (χ4n) is 2.08. The van der Waals surface area contributed by atoms with E-state index in [2.05, 4.69) is 53.0 Å². The number of amides is 1. The summed E-state index contributed by atoms with van der Waals surface area (Å²) in [5.74, 6) is 0.0836. The maximum Gasteiger partial charge on any atom is 0.226 e. The first-order valence-electron chi connectivity index (χ1n) is 5.75. The number of hydrogen-bond donors (Lipinski definition) is 1. The molecule has 1 aromatic rings. The molecular weight excluding hydrogens is 280 g/mol. The number of benzene rings is 1. The van der Waals surface area contributed by atoms with Gasteiger partial charge in [0.15, 0.2) is 0 Å². The van der Waals surface area contributed by atoms with Gasteiger partial charge >= 0.3 is 0 Å². The van der Waals surface area contributed by atoms with Crippen LogP contribution in [0, 0.1) is 0 Å². The van der Waals surface area contributed by atoms with E-state index in [0.29, 0.717) is 6.42 Å². The molecule has 1 aliphatic heterocycles. The van der Waals surface area contributed by atoms with Crippen LogP contribution in [0.25, 0.3) is 0 Å². The Bertz CT molecular complexity index is 451. The molecule has 0 unspecified atom stereocenters. The van der Waals surface area contributed by atoms with Crippen LogP contribution in [0.5, 0.6) is 0 Å². The Kier molecular flexibility index (Phi) is 3.17. The lowest BCUT2D eigenvalue weighted by Gasteiger charge is -2.37. The highest BCUT2D eigenvalue weighted by Gasteiger charge is 2.27. The van der Waals surface area contributed by atoms with E-state index in [9.17, 15) is 4.79 Å². The molecule has 0 aromatic heterocycles. The molecule has 17 heavy (non-hydrogen) atoms. The van der Waals surface area contributed by atoms with Gasteiger partial charge in [0.05, 0.1) is 11.4 Å². The molecule has 1 N–H and O–H groups in total. The lowest BCUT2D eigenvalue weighted by molar-refractivity contribution is -0.116. The highest BCUT2D eigenvalue weighted by molar-refractivity contribution is 9.10. The summed E-state index contributed by atoms with van der Waals surface area (Å²) in [6.07, 6.45) is 0.531. The second-order valence-electron chi connectivity index (χ2n) is 5.28. The van der Waals surface area contributed by atoms with Gasteiger partial charge in [-0.25, -0.2) is 0 Å². The van der Waals surface area contributed by atoms with Crippen LogP contribution in [-0.4, -0.2) is 18.0 Å². The van der Waals surface area contributed by atoms with E-state index in [-0.39, 0.29) is 11.4 Å². The highest BCUT2D eigenvalue weighted by atomic mass is 79.9. The van der Waals surface area contributed by atoms with Gasteiger partial charge in [0.2, 0.25) is 5.91 Å². The standard InChI is InChI=1S/C13H17BrN2O/c1-13(2,3)16-7-6-12(17)15-10-5-4-9(14)8-11(10)16/h4-5,8H,6-7H2,1-3H3,(H,15,17). The molecule has 3 nitrogen and oxygen atoms in total. The van der Waals surface area contributed by atoms with E-state index in [1.54, 1.807) is 0 Å². The van der Waals surface area contributed by atoms with E-state index in [4.69, 9.17) is 0 Å². The zero-order valence-corrected chi connectivity index (χ0v) is 12.0. The summed E-state index contributed by atoms with van der Waals surface area (Å²) < 4.78 is 1.03. The van der Waals surface area contributed by atoms with Gasteiger partial charge in [0, 0.05) is 23.0 Å². The fourth-order valence-corrected chi connectivity index (χ4v) is 2.43. The average molecular weight is 297 g/mol. The topological polar surface area (TPSA) is 32.3 Å². The van der Waals surface area contributed by atoms with Gasteiger partial charge in [-0.3, -0.25) is 4.79 Å². The summed E-state index contributed by atoms with van der Waals surface area (Å²) in [6, 6.07) is 5.96. The number of nitrogens with zero attached hydrogens (tertiary/aromatic N) is 1. The molecule has 92 valence electrons. The van der Waals surface area contributed by atoms with Gasteiger partial charge in [-0.1, -0.05) is 15.9 Å². The third-order valence-electron chi connectivity index (χ3n) is 2.90. The van der Waals surface area contributed by atoms with Crippen LogP contribution in [0.3, 0.4) is 0 Å². The Labute approximate surface area is 110 Å². The van der Waals surface area contributed by atoms with Gasteiger partial charge in [0.25, 0.3) is 0 Å². The van der Waals surface area contributed by atoms with Crippen molar-refractivity contribution in [1.82, 2.24) is 0 Å². The van der Waals surface area contributed by atoms with E-state index < -0.39 is 0 Å². The van der Waals surface area contributed by atoms with Crippen LogP contribution in [0.4, 0.5) is 11.4 Å². The van der Waals surface area contributed by atoms with Crippen LogP contribution >= 0.6 is 15.9 Å². The van der Waals surface area contributed by atoms with Crippen LogP contribution in [0.1, 0.15) is 27.2 Å². The maximum absolute atomic E-state index is 11.7. The molecule has 0 fully saturated rings. The third-order valence-corrected chi connectivity index (χ3v) is 3.39. The van der Waals surface area contributed by atoms with Gasteiger partial charge in [-0.2, -0.15) is 0 Å². The third kappa shape index (κ3) is 2.63. The molecule has 0 bridgehead atoms. The summed E-state index contributed by atoms with van der Waals surface area (Å²) in [5, 5.41) is 2.95. The number of carbonyl (C=O) groups excluding carboxylic acids is 1. The van der Waals surface area contributed by atoms with Crippen molar-refractivity contribution in [1.29, 1.82) is 0 Å². The smallest absolute Gasteiger partial charge is 0.226 e. The Morgan fingerprint density at radius 2 is 2.06 bits per heavy atom. The number of hydrogen-bond acceptors (Lipinski definition) is 2. The summed E-state index contributed by atoms with van der Waals surface area (Å²) >= 11 is 3.49. The number of halogens is 1. The predicted octanol–water partition coefficient (Wildman–Crippen LogP) is 3.40. The maximum atomic E-state index is 11.7. The minimum atomic E-state index is 0.00183. The number of carbonyl (C=O) groups is 1. The van der Waals surface area contributed by atoms with Crippen LogP contribution in [-0.2, 0) is 4.79 Å². The van der Waals surface area contributed by atoms with E-state index >= 15 is 0 Å². The molecule has 1 aliphatic rings. The second-order valence-corrected chi connectivity index (χ2v) is 6.20. The molecule has 1 amide bonds. The molecule has 0 atom stereocenters. The Morgan fingerprint density at radius 1 is 1.35 bits per heavy atom. The molecule has 4 heteroatoms. The molecule has 0 spiro atoms. The molecule has 2 rings (SSSR count). The van der Waals surface area contributed by atoms with Gasteiger partial charge in [-0.05, 0) is 39.0 Å². The van der Waals surface area contributed by atoms with Gasteiger partial charge in [-0.15, -0.1) is 0 Å². The van der Waals surface area contributed by atoms with Crippen molar-refractivity contribution in [3.63, 3.8) is 0 Å². The first kappa shape index (κ1) is 12.4. The number of nitrogens with one attached hydrogen (secondary N) is 1. The molecular formula is C13H17BrN2O. The quantitative estimate of drug-likeness (QED) is 0.796. The zero-order valence-electron chi connectivity index (χ0n) is 10.4. The first-order chi connectivity index (χ1) is 7.88. The highest BCUT2D eigenvalue weighted by Crippen LogP contribution is 2.35. The predicted molar refractivity (Wildman–Crippen MR) is 74.5 cm³/mol. The zero-order chi connectivity index (χ0) is 12.6. The minimum absolute atomic E-state index is 0.00183. The van der Waals surface area contributed by atoms with Crippen molar-refractivity contribution >= 4 is 33.2 Å². The Hall–Kier alpha value is -1.03. The van der Waals surface area contributed by atoms with Crippen molar-refractivity contribution in [2.24, 2.45) is 0 Å². The molecule has 0 saturated heterocycles. The Morgan fingerprint density at radius 3 is 2.71 bits per heavy atom. The van der Waals surface area contributed by atoms with E-state index in [0.717, 1.165) is 22.4 Å². The number of fused-ring (bicyclic) bond motifs is 1. The molecule has 0 aliphatic carbocycles. The number of anilines is 2. The normalized spacial score (nSPS) is 16.2. The van der Waals surface area contributed by atoms with Crippen molar-refractivity contribution in [3.8, 4) is 0 Å². The molecule has 1 heterocycles.